The number of likely N-dealkylation sites (tertiary alicyclic amines) is 1. The van der Waals surface area contributed by atoms with Gasteiger partial charge < -0.3 is 15.0 Å². The van der Waals surface area contributed by atoms with Crippen LogP contribution in [0.2, 0.25) is 0 Å². The van der Waals surface area contributed by atoms with Gasteiger partial charge in [-0.05, 0) is 40.0 Å². The fourth-order valence-electron chi connectivity index (χ4n) is 2.55. The van der Waals surface area contributed by atoms with Crippen molar-refractivity contribution >= 4 is 5.97 Å². The summed E-state index contributed by atoms with van der Waals surface area (Å²) in [6, 6.07) is 0.312. The lowest BCUT2D eigenvalue weighted by atomic mass is 10.0. The fourth-order valence-corrected chi connectivity index (χ4v) is 2.55. The molecule has 0 bridgehead atoms. The number of rotatable bonds is 6. The zero-order valence-electron chi connectivity index (χ0n) is 12.1. The number of esters is 1. The lowest BCUT2D eigenvalue weighted by molar-refractivity contribution is -0.143. The van der Waals surface area contributed by atoms with E-state index in [-0.39, 0.29) is 12.0 Å². The number of nitrogens with one attached hydrogen (secondary N) is 1. The van der Waals surface area contributed by atoms with Crippen LogP contribution < -0.4 is 5.32 Å². The van der Waals surface area contributed by atoms with E-state index >= 15 is 0 Å². The van der Waals surface area contributed by atoms with Gasteiger partial charge in [-0.25, -0.2) is 0 Å². The predicted octanol–water partition coefficient (Wildman–Crippen LogP) is 0.164. The van der Waals surface area contributed by atoms with Crippen LogP contribution in [0, 0.1) is 0 Å². The van der Waals surface area contributed by atoms with Crippen molar-refractivity contribution in [2.24, 2.45) is 0 Å². The summed E-state index contributed by atoms with van der Waals surface area (Å²) in [5.74, 6) is -0.173. The van der Waals surface area contributed by atoms with Gasteiger partial charge in [0, 0.05) is 19.1 Å². The van der Waals surface area contributed by atoms with Crippen molar-refractivity contribution in [3.05, 3.63) is 0 Å². The normalized spacial score (nSPS) is 23.1. The average Bonchev–Trinajstić information content (AvgIpc) is 2.37. The van der Waals surface area contributed by atoms with Crippen molar-refractivity contribution < 1.29 is 9.53 Å². The van der Waals surface area contributed by atoms with Crippen LogP contribution in [-0.2, 0) is 9.53 Å². The van der Waals surface area contributed by atoms with Crippen molar-refractivity contribution in [3.63, 3.8) is 0 Å². The summed E-state index contributed by atoms with van der Waals surface area (Å²) in [5, 5.41) is 3.18. The van der Waals surface area contributed by atoms with Crippen LogP contribution >= 0.6 is 0 Å². The Hall–Kier alpha value is -0.650. The molecule has 1 aliphatic rings. The standard InChI is InChI=1S/C13H27N3O2/c1-5-14-12(13(17)18-4)10-16(3)11-7-6-8-15(2)9-11/h11-12,14H,5-10H2,1-4H3. The molecule has 1 saturated heterocycles. The smallest absolute Gasteiger partial charge is 0.324 e. The van der Waals surface area contributed by atoms with Gasteiger partial charge in [-0.1, -0.05) is 6.92 Å². The van der Waals surface area contributed by atoms with E-state index in [1.165, 1.54) is 26.5 Å². The van der Waals surface area contributed by atoms with Crippen LogP contribution in [0.1, 0.15) is 19.8 Å². The second kappa shape index (κ2) is 7.71. The quantitative estimate of drug-likeness (QED) is 0.687. The first kappa shape index (κ1) is 15.4. The first-order valence-corrected chi connectivity index (χ1v) is 6.78. The molecule has 2 unspecified atom stereocenters. The maximum atomic E-state index is 11.7. The molecule has 0 amide bonds. The number of ether oxygens (including phenoxy) is 1. The molecule has 0 aliphatic carbocycles. The van der Waals surface area contributed by atoms with Gasteiger partial charge in [0.2, 0.25) is 0 Å². The summed E-state index contributed by atoms with van der Waals surface area (Å²) in [6.45, 7) is 5.75. The molecule has 1 aliphatic heterocycles. The molecule has 2 atom stereocenters. The Morgan fingerprint density at radius 3 is 2.89 bits per heavy atom. The summed E-state index contributed by atoms with van der Waals surface area (Å²) in [4.78, 5) is 16.3. The highest BCUT2D eigenvalue weighted by Gasteiger charge is 2.26. The molecule has 1 fully saturated rings. The van der Waals surface area contributed by atoms with E-state index in [9.17, 15) is 4.79 Å². The Labute approximate surface area is 110 Å². The Balaban J connectivity index is 2.49. The molecule has 0 radical (unpaired) electrons. The molecule has 0 spiro atoms. The number of methoxy groups -OCH3 is 1. The summed E-state index contributed by atoms with van der Waals surface area (Å²) in [5.41, 5.74) is 0. The highest BCUT2D eigenvalue weighted by Crippen LogP contribution is 2.13. The minimum absolute atomic E-state index is 0.173. The Morgan fingerprint density at radius 2 is 2.33 bits per heavy atom. The minimum atomic E-state index is -0.225. The van der Waals surface area contributed by atoms with Gasteiger partial charge in [-0.3, -0.25) is 9.69 Å². The van der Waals surface area contributed by atoms with Gasteiger partial charge in [0.05, 0.1) is 7.11 Å². The molecular weight excluding hydrogens is 230 g/mol. The third kappa shape index (κ3) is 4.55. The van der Waals surface area contributed by atoms with E-state index in [2.05, 4.69) is 29.2 Å². The molecule has 0 aromatic heterocycles. The SMILES string of the molecule is CCNC(CN(C)C1CCCN(C)C1)C(=O)OC. The summed E-state index contributed by atoms with van der Waals surface area (Å²) in [7, 11) is 5.69. The summed E-state index contributed by atoms with van der Waals surface area (Å²) < 4.78 is 4.84. The first-order chi connectivity index (χ1) is 8.58. The number of hydrogen-bond acceptors (Lipinski definition) is 5. The summed E-state index contributed by atoms with van der Waals surface area (Å²) in [6.07, 6.45) is 2.44. The predicted molar refractivity (Wildman–Crippen MR) is 72.6 cm³/mol. The zero-order valence-corrected chi connectivity index (χ0v) is 12.1. The van der Waals surface area contributed by atoms with Crippen molar-refractivity contribution in [2.75, 3.05) is 47.4 Å². The molecule has 0 aromatic rings. The van der Waals surface area contributed by atoms with E-state index in [4.69, 9.17) is 4.74 Å². The largest absolute Gasteiger partial charge is 0.468 e. The van der Waals surface area contributed by atoms with Gasteiger partial charge in [0.15, 0.2) is 0 Å². The van der Waals surface area contributed by atoms with Gasteiger partial charge >= 0.3 is 5.97 Å². The van der Waals surface area contributed by atoms with Crippen molar-refractivity contribution in [1.82, 2.24) is 15.1 Å². The lowest BCUT2D eigenvalue weighted by Crippen LogP contribution is -2.52. The zero-order chi connectivity index (χ0) is 13.5. The molecule has 0 saturated carbocycles. The Bertz CT molecular complexity index is 261. The van der Waals surface area contributed by atoms with E-state index in [0.29, 0.717) is 12.6 Å². The summed E-state index contributed by atoms with van der Waals surface area (Å²) >= 11 is 0. The highest BCUT2D eigenvalue weighted by molar-refractivity contribution is 5.75. The number of likely N-dealkylation sites (N-methyl/N-ethyl adjacent to an activating group) is 3. The van der Waals surface area contributed by atoms with Gasteiger partial charge in [-0.2, -0.15) is 0 Å². The van der Waals surface area contributed by atoms with Crippen LogP contribution in [0.15, 0.2) is 0 Å². The minimum Gasteiger partial charge on any atom is -0.468 e. The molecule has 5 nitrogen and oxygen atoms in total. The third-order valence-electron chi connectivity index (χ3n) is 3.63. The number of piperidine rings is 1. The fraction of sp³-hybridized carbons (Fsp3) is 0.923. The molecule has 0 aromatic carbocycles. The third-order valence-corrected chi connectivity index (χ3v) is 3.63. The molecule has 18 heavy (non-hydrogen) atoms. The molecule has 5 heteroatoms. The van der Waals surface area contributed by atoms with Crippen molar-refractivity contribution in [2.45, 2.75) is 31.8 Å². The number of hydrogen-bond donors (Lipinski definition) is 1. The second-order valence-electron chi connectivity index (χ2n) is 5.13. The van der Waals surface area contributed by atoms with E-state index in [1.54, 1.807) is 0 Å². The van der Waals surface area contributed by atoms with Gasteiger partial charge in [0.1, 0.15) is 6.04 Å². The van der Waals surface area contributed by atoms with Gasteiger partial charge in [-0.15, -0.1) is 0 Å². The molecule has 1 heterocycles. The van der Waals surface area contributed by atoms with Crippen LogP contribution in [-0.4, -0.2) is 75.2 Å². The van der Waals surface area contributed by atoms with Crippen molar-refractivity contribution in [1.29, 1.82) is 0 Å². The number of nitrogens with zero attached hydrogens (tertiary/aromatic N) is 2. The van der Waals surface area contributed by atoms with Crippen molar-refractivity contribution in [3.8, 4) is 0 Å². The van der Waals surface area contributed by atoms with Crippen LogP contribution in [0.4, 0.5) is 0 Å². The highest BCUT2D eigenvalue weighted by atomic mass is 16.5. The molecule has 106 valence electrons. The van der Waals surface area contributed by atoms with E-state index in [1.807, 2.05) is 6.92 Å². The molecule has 1 N–H and O–H groups in total. The molecular formula is C13H27N3O2. The average molecular weight is 257 g/mol. The Kier molecular flexibility index (Phi) is 6.60. The van der Waals surface area contributed by atoms with E-state index < -0.39 is 0 Å². The number of carbonyl (C=O) groups is 1. The van der Waals surface area contributed by atoms with E-state index in [0.717, 1.165) is 13.1 Å². The lowest BCUT2D eigenvalue weighted by Gasteiger charge is -2.37. The Morgan fingerprint density at radius 1 is 1.61 bits per heavy atom. The molecule has 1 rings (SSSR count). The first-order valence-electron chi connectivity index (χ1n) is 6.78. The van der Waals surface area contributed by atoms with Crippen LogP contribution in [0.3, 0.4) is 0 Å². The topological polar surface area (TPSA) is 44.8 Å². The monoisotopic (exact) mass is 257 g/mol. The van der Waals surface area contributed by atoms with Crippen LogP contribution in [0.25, 0.3) is 0 Å². The maximum absolute atomic E-state index is 11.7. The van der Waals surface area contributed by atoms with Gasteiger partial charge in [0.25, 0.3) is 0 Å². The van der Waals surface area contributed by atoms with Crippen LogP contribution in [0.5, 0.6) is 0 Å². The second-order valence-corrected chi connectivity index (χ2v) is 5.13. The number of carbonyl (C=O) groups excluding carboxylic acids is 1. The maximum Gasteiger partial charge on any atom is 0.324 e.